The number of hydrogen-bond donors (Lipinski definition) is 1. The average Bonchev–Trinajstić information content (AvgIpc) is 3.09. The lowest BCUT2D eigenvalue weighted by Gasteiger charge is -2.23. The molecule has 0 saturated heterocycles. The van der Waals surface area contributed by atoms with Crippen LogP contribution in [0.5, 0.6) is 5.75 Å². The van der Waals surface area contributed by atoms with Gasteiger partial charge in [0.15, 0.2) is 0 Å². The Kier molecular flexibility index (Phi) is 9.19. The van der Waals surface area contributed by atoms with E-state index in [9.17, 15) is 24.5 Å². The maximum atomic E-state index is 13.9. The van der Waals surface area contributed by atoms with Crippen molar-refractivity contribution >= 4 is 36.2 Å². The number of methoxy groups -OCH3 is 1. The molecule has 11 heteroatoms. The van der Waals surface area contributed by atoms with Gasteiger partial charge in [-0.3, -0.25) is 4.79 Å². The summed E-state index contributed by atoms with van der Waals surface area (Å²) < 4.78 is 26.3. The molecule has 0 fully saturated rings. The number of ether oxygens (including phenoxy) is 3. The molecule has 0 radical (unpaired) electrons. The number of esters is 2. The summed E-state index contributed by atoms with van der Waals surface area (Å²) in [6.45, 7) is 5.83. The van der Waals surface area contributed by atoms with Gasteiger partial charge in [-0.05, 0) is 45.4 Å². The van der Waals surface area contributed by atoms with Crippen molar-refractivity contribution in [2.75, 3.05) is 33.5 Å². The van der Waals surface area contributed by atoms with Crippen molar-refractivity contribution in [3.05, 3.63) is 35.4 Å². The highest BCUT2D eigenvalue weighted by Gasteiger charge is 2.63. The zero-order chi connectivity index (χ0) is 25.5. The molecule has 1 aromatic rings. The highest BCUT2D eigenvalue weighted by molar-refractivity contribution is 7.65. The standard InChI is InChI=1S/C23H28NO9P/c1-6-30-21(26)17-18(15-10-12-16(29-5)13-11-15)23(14-24,22(27)31-7-2)20(25)19(17)34(28,32-8-3)33-9-4/h10-13,28H,6-9H2,1-5H3. The van der Waals surface area contributed by atoms with Crippen LogP contribution in [0.15, 0.2) is 29.8 Å². The van der Waals surface area contributed by atoms with Crippen LogP contribution in [0.25, 0.3) is 5.57 Å². The van der Waals surface area contributed by atoms with Crippen LogP contribution >= 0.6 is 7.57 Å². The Bertz CT molecular complexity index is 1070. The zero-order valence-electron chi connectivity index (χ0n) is 19.7. The molecular weight excluding hydrogens is 465 g/mol. The molecule has 0 amide bonds. The van der Waals surface area contributed by atoms with Gasteiger partial charge >= 0.3 is 11.9 Å². The van der Waals surface area contributed by atoms with Crippen LogP contribution in [-0.2, 0) is 32.9 Å². The average molecular weight is 493 g/mol. The van der Waals surface area contributed by atoms with Crippen molar-refractivity contribution in [3.8, 4) is 11.8 Å². The molecule has 0 heterocycles. The van der Waals surface area contributed by atoms with E-state index in [1.54, 1.807) is 26.8 Å². The predicted molar refractivity (Wildman–Crippen MR) is 124 cm³/mol. The molecule has 1 aromatic carbocycles. The fourth-order valence-corrected chi connectivity index (χ4v) is 5.55. The van der Waals surface area contributed by atoms with Gasteiger partial charge in [0.25, 0.3) is 7.57 Å². The number of rotatable bonds is 10. The summed E-state index contributed by atoms with van der Waals surface area (Å²) in [6.07, 6.45) is 0. The minimum absolute atomic E-state index is 0.0706. The Labute approximate surface area is 198 Å². The summed E-state index contributed by atoms with van der Waals surface area (Å²) in [4.78, 5) is 51.6. The van der Waals surface area contributed by atoms with Crippen molar-refractivity contribution in [2.24, 2.45) is 5.41 Å². The van der Waals surface area contributed by atoms with E-state index in [1.807, 2.05) is 0 Å². The number of nitriles is 1. The normalized spacial score (nSPS) is 18.0. The first-order valence-corrected chi connectivity index (χ1v) is 12.3. The van der Waals surface area contributed by atoms with E-state index in [2.05, 4.69) is 0 Å². The maximum absolute atomic E-state index is 13.9. The first-order chi connectivity index (χ1) is 16.2. The maximum Gasteiger partial charge on any atom is 0.339 e. The quantitative estimate of drug-likeness (QED) is 0.294. The predicted octanol–water partition coefficient (Wildman–Crippen LogP) is 2.67. The van der Waals surface area contributed by atoms with Crippen LogP contribution in [0.2, 0.25) is 0 Å². The fourth-order valence-electron chi connectivity index (χ4n) is 3.60. The number of benzene rings is 1. The summed E-state index contributed by atoms with van der Waals surface area (Å²) >= 11 is 0. The van der Waals surface area contributed by atoms with Crippen LogP contribution in [0.1, 0.15) is 33.3 Å². The third kappa shape index (κ3) is 4.65. The van der Waals surface area contributed by atoms with Gasteiger partial charge in [0.1, 0.15) is 11.0 Å². The van der Waals surface area contributed by atoms with E-state index in [0.717, 1.165) is 0 Å². The van der Waals surface area contributed by atoms with E-state index >= 15 is 0 Å². The molecule has 2 rings (SSSR count). The zero-order valence-corrected chi connectivity index (χ0v) is 20.6. The summed E-state index contributed by atoms with van der Waals surface area (Å²) in [5.41, 5.74) is -3.14. The molecule has 0 bridgehead atoms. The summed E-state index contributed by atoms with van der Waals surface area (Å²) in [5, 5.41) is 9.64. The molecule has 0 saturated carbocycles. The summed E-state index contributed by atoms with van der Waals surface area (Å²) in [5.74, 6) is -2.90. The lowest BCUT2D eigenvalue weighted by atomic mass is 9.78. The number of ketones is 1. The van der Waals surface area contributed by atoms with Gasteiger partial charge in [0, 0.05) is 5.57 Å². The van der Waals surface area contributed by atoms with Gasteiger partial charge in [-0.25, -0.2) is 9.59 Å². The topological polar surface area (TPSA) is 141 Å². The SMILES string of the molecule is CCOC(=O)C1=C(c2ccc(OC)cc2)C(C#N)(C(=O)OCC)C(=O)C1=P(O)(OCC)OCC. The van der Waals surface area contributed by atoms with Crippen molar-refractivity contribution in [2.45, 2.75) is 27.7 Å². The number of hydrogen-bond acceptors (Lipinski definition) is 10. The monoisotopic (exact) mass is 493 g/mol. The van der Waals surface area contributed by atoms with Crippen molar-refractivity contribution in [3.63, 3.8) is 0 Å². The molecule has 1 aliphatic carbocycles. The second-order valence-electron chi connectivity index (χ2n) is 6.81. The van der Waals surface area contributed by atoms with Gasteiger partial charge in [-0.2, -0.15) is 5.26 Å². The van der Waals surface area contributed by atoms with Crippen LogP contribution in [0.3, 0.4) is 0 Å². The van der Waals surface area contributed by atoms with Crippen LogP contribution < -0.4 is 4.74 Å². The number of carbonyl (C=O) groups excluding carboxylic acids is 3. The second-order valence-corrected chi connectivity index (χ2v) is 8.82. The molecule has 0 aliphatic heterocycles. The van der Waals surface area contributed by atoms with Crippen LogP contribution in [0.4, 0.5) is 0 Å². The molecule has 0 aromatic heterocycles. The van der Waals surface area contributed by atoms with E-state index in [-0.39, 0.29) is 37.6 Å². The third-order valence-electron chi connectivity index (χ3n) is 4.92. The van der Waals surface area contributed by atoms with Gasteiger partial charge < -0.3 is 28.2 Å². The smallest absolute Gasteiger partial charge is 0.339 e. The van der Waals surface area contributed by atoms with Crippen LogP contribution in [-0.4, -0.2) is 61.4 Å². The fraction of sp³-hybridized carbons (Fsp3) is 0.435. The number of carbonyl (C=O) groups is 3. The van der Waals surface area contributed by atoms with Crippen molar-refractivity contribution in [1.82, 2.24) is 0 Å². The largest absolute Gasteiger partial charge is 0.497 e. The lowest BCUT2D eigenvalue weighted by molar-refractivity contribution is -0.151. The van der Waals surface area contributed by atoms with Gasteiger partial charge in [0.2, 0.25) is 11.2 Å². The lowest BCUT2D eigenvalue weighted by Crippen LogP contribution is -2.40. The molecule has 1 unspecified atom stereocenters. The number of nitrogens with zero attached hydrogens (tertiary/aromatic N) is 1. The minimum Gasteiger partial charge on any atom is -0.497 e. The highest BCUT2D eigenvalue weighted by atomic mass is 31.2. The first kappa shape index (κ1) is 27.3. The van der Waals surface area contributed by atoms with E-state index in [1.165, 1.54) is 38.3 Å². The number of Topliss-reactive ketones (excluding diaryl/α,β-unsaturated/α-hetero) is 1. The Balaban J connectivity index is 3.14. The Morgan fingerprint density at radius 2 is 1.56 bits per heavy atom. The van der Waals surface area contributed by atoms with E-state index in [0.29, 0.717) is 5.75 Å². The molecule has 1 atom stereocenters. The van der Waals surface area contributed by atoms with Crippen molar-refractivity contribution < 1.29 is 42.5 Å². The van der Waals surface area contributed by atoms with E-state index in [4.69, 9.17) is 23.3 Å². The molecule has 0 spiro atoms. The molecule has 184 valence electrons. The van der Waals surface area contributed by atoms with Crippen molar-refractivity contribution in [1.29, 1.82) is 5.26 Å². The van der Waals surface area contributed by atoms with Crippen LogP contribution in [0, 0.1) is 16.7 Å². The highest BCUT2D eigenvalue weighted by Crippen LogP contribution is 2.56. The van der Waals surface area contributed by atoms with Gasteiger partial charge in [-0.1, -0.05) is 12.1 Å². The van der Waals surface area contributed by atoms with Gasteiger partial charge in [0.05, 0.1) is 45.2 Å². The first-order valence-electron chi connectivity index (χ1n) is 10.7. The summed E-state index contributed by atoms with van der Waals surface area (Å²) in [6, 6.07) is 7.79. The minimum atomic E-state index is -4.21. The second kappa shape index (κ2) is 11.4. The Hall–Kier alpha value is -2.96. The molecular formula is C23H28NO9P. The Morgan fingerprint density at radius 3 is 2.00 bits per heavy atom. The summed E-state index contributed by atoms with van der Waals surface area (Å²) in [7, 11) is -2.75. The van der Waals surface area contributed by atoms with E-state index < -0.39 is 41.6 Å². The Morgan fingerprint density at radius 1 is 1.00 bits per heavy atom. The third-order valence-corrected chi connectivity index (χ3v) is 7.12. The molecule has 34 heavy (non-hydrogen) atoms. The molecule has 1 aliphatic rings. The van der Waals surface area contributed by atoms with Gasteiger partial charge in [-0.15, -0.1) is 0 Å². The molecule has 10 nitrogen and oxygen atoms in total. The molecule has 1 N–H and O–H groups in total.